The summed E-state index contributed by atoms with van der Waals surface area (Å²) < 4.78 is 0. The maximum absolute atomic E-state index is 5.16. The number of para-hydroxylation sites is 1. The molecule has 3 heteroatoms. The number of nitrogens with one attached hydrogen (secondary N) is 1. The molecule has 2 nitrogen and oxygen atoms in total. The molecule has 3 aromatic carbocycles. The quantitative estimate of drug-likeness (QED) is 0.292. The number of rotatable bonds is 7. The molecule has 1 N–H and O–H groups in total. The minimum atomic E-state index is -0.0216. The molecule has 0 aliphatic carbocycles. The Bertz CT molecular complexity index is 1220. The van der Waals surface area contributed by atoms with Crippen molar-refractivity contribution < 1.29 is 0 Å². The van der Waals surface area contributed by atoms with E-state index in [0.717, 1.165) is 10.7 Å². The van der Waals surface area contributed by atoms with Gasteiger partial charge in [-0.05, 0) is 60.4 Å². The highest BCUT2D eigenvalue weighted by molar-refractivity contribution is 7.13. The van der Waals surface area contributed by atoms with Gasteiger partial charge in [-0.1, -0.05) is 93.9 Å². The molecule has 0 radical (unpaired) electrons. The van der Waals surface area contributed by atoms with Gasteiger partial charge in [0, 0.05) is 16.6 Å². The summed E-state index contributed by atoms with van der Waals surface area (Å²) in [6.07, 6.45) is 0. The fourth-order valence-electron chi connectivity index (χ4n) is 4.93. The van der Waals surface area contributed by atoms with Crippen molar-refractivity contribution in [3.05, 3.63) is 105 Å². The number of thiazole rings is 1. The molecule has 0 spiro atoms. The molecule has 1 unspecified atom stereocenters. The van der Waals surface area contributed by atoms with Crippen LogP contribution in [-0.2, 0) is 0 Å². The molecule has 1 atom stereocenters. The highest BCUT2D eigenvalue weighted by Crippen LogP contribution is 2.39. The Morgan fingerprint density at radius 2 is 1.35 bits per heavy atom. The normalized spacial score (nSPS) is 12.4. The van der Waals surface area contributed by atoms with Crippen LogP contribution in [0.5, 0.6) is 0 Å². The molecule has 0 saturated carbocycles. The topological polar surface area (TPSA) is 24.9 Å². The summed E-state index contributed by atoms with van der Waals surface area (Å²) in [6.45, 7) is 15.7. The van der Waals surface area contributed by atoms with E-state index in [1.54, 1.807) is 11.3 Å². The van der Waals surface area contributed by atoms with E-state index in [1.807, 2.05) is 0 Å². The number of hydrogen-bond acceptors (Lipinski definition) is 3. The van der Waals surface area contributed by atoms with Crippen LogP contribution in [0.3, 0.4) is 0 Å². The minimum absolute atomic E-state index is 0.0216. The van der Waals surface area contributed by atoms with Crippen LogP contribution in [-0.4, -0.2) is 4.98 Å². The minimum Gasteiger partial charge on any atom is -0.372 e. The second-order valence-electron chi connectivity index (χ2n) is 9.95. The standard InChI is InChI=1S/C31H36N2S/c1-19(2)25-14-11-15-26(20(3)4)29(25)33-30(28-22(6)16-21(5)17-23(28)7)27-18-34-31(32-27)24-12-9-8-10-13-24/h8-20,30,33H,1-7H3. The predicted molar refractivity (Wildman–Crippen MR) is 148 cm³/mol. The highest BCUT2D eigenvalue weighted by Gasteiger charge is 2.25. The van der Waals surface area contributed by atoms with Crippen molar-refractivity contribution in [3.63, 3.8) is 0 Å². The maximum atomic E-state index is 5.16. The first-order valence-electron chi connectivity index (χ1n) is 12.2. The van der Waals surface area contributed by atoms with Crippen LogP contribution in [0.2, 0.25) is 0 Å². The second kappa shape index (κ2) is 10.1. The van der Waals surface area contributed by atoms with Crippen LogP contribution >= 0.6 is 11.3 Å². The zero-order valence-corrected chi connectivity index (χ0v) is 22.3. The molecule has 0 fully saturated rings. The average molecular weight is 469 g/mol. The summed E-state index contributed by atoms with van der Waals surface area (Å²) in [5.41, 5.74) is 11.4. The zero-order chi connectivity index (χ0) is 24.4. The van der Waals surface area contributed by atoms with Crippen LogP contribution in [0.25, 0.3) is 10.6 Å². The van der Waals surface area contributed by atoms with Crippen molar-refractivity contribution >= 4 is 17.0 Å². The van der Waals surface area contributed by atoms with Crippen molar-refractivity contribution in [1.82, 2.24) is 4.98 Å². The first-order chi connectivity index (χ1) is 16.3. The zero-order valence-electron chi connectivity index (χ0n) is 21.4. The number of aromatic nitrogens is 1. The lowest BCUT2D eigenvalue weighted by atomic mass is 9.89. The Balaban J connectivity index is 1.89. The number of aryl methyl sites for hydroxylation is 3. The van der Waals surface area contributed by atoms with Crippen LogP contribution < -0.4 is 5.32 Å². The summed E-state index contributed by atoms with van der Waals surface area (Å²) in [7, 11) is 0. The van der Waals surface area contributed by atoms with Crippen LogP contribution in [0.1, 0.15) is 84.6 Å². The monoisotopic (exact) mass is 468 g/mol. The maximum Gasteiger partial charge on any atom is 0.123 e. The molecule has 34 heavy (non-hydrogen) atoms. The molecular weight excluding hydrogens is 432 g/mol. The number of hydrogen-bond donors (Lipinski definition) is 1. The summed E-state index contributed by atoms with van der Waals surface area (Å²) in [6, 6.07) is 21.8. The van der Waals surface area contributed by atoms with E-state index in [-0.39, 0.29) is 6.04 Å². The number of benzene rings is 3. The van der Waals surface area contributed by atoms with Gasteiger partial charge in [0.15, 0.2) is 0 Å². The van der Waals surface area contributed by atoms with Crippen LogP contribution in [0.15, 0.2) is 66.0 Å². The van der Waals surface area contributed by atoms with E-state index < -0.39 is 0 Å². The van der Waals surface area contributed by atoms with Gasteiger partial charge in [-0.15, -0.1) is 11.3 Å². The van der Waals surface area contributed by atoms with E-state index >= 15 is 0 Å². The largest absolute Gasteiger partial charge is 0.372 e. The molecule has 4 aromatic rings. The highest BCUT2D eigenvalue weighted by atomic mass is 32.1. The van der Waals surface area contributed by atoms with Gasteiger partial charge in [0.05, 0.1) is 11.7 Å². The van der Waals surface area contributed by atoms with Gasteiger partial charge < -0.3 is 5.32 Å². The summed E-state index contributed by atoms with van der Waals surface area (Å²) in [5, 5.41) is 7.31. The molecule has 176 valence electrons. The molecule has 0 saturated heterocycles. The van der Waals surface area contributed by atoms with Crippen molar-refractivity contribution in [2.75, 3.05) is 5.32 Å². The van der Waals surface area contributed by atoms with Gasteiger partial charge in [-0.25, -0.2) is 4.98 Å². The molecule has 1 heterocycles. The number of anilines is 1. The third-order valence-electron chi connectivity index (χ3n) is 6.53. The molecule has 0 aliphatic rings. The SMILES string of the molecule is Cc1cc(C)c(C(Nc2c(C(C)C)cccc2C(C)C)c2csc(-c3ccccc3)n2)c(C)c1. The fourth-order valence-corrected chi connectivity index (χ4v) is 5.79. The van der Waals surface area contributed by atoms with Gasteiger partial charge in [0.25, 0.3) is 0 Å². The summed E-state index contributed by atoms with van der Waals surface area (Å²) >= 11 is 1.72. The van der Waals surface area contributed by atoms with Gasteiger partial charge in [-0.2, -0.15) is 0 Å². The van der Waals surface area contributed by atoms with Gasteiger partial charge in [0.2, 0.25) is 0 Å². The Kier molecular flexibility index (Phi) is 7.23. The Labute approximate surface area is 209 Å². The smallest absolute Gasteiger partial charge is 0.123 e. The Morgan fingerprint density at radius 3 is 1.91 bits per heavy atom. The van der Waals surface area contributed by atoms with E-state index in [2.05, 4.69) is 120 Å². The Hall–Kier alpha value is -2.91. The van der Waals surface area contributed by atoms with E-state index in [1.165, 1.54) is 44.6 Å². The van der Waals surface area contributed by atoms with Crippen molar-refractivity contribution in [1.29, 1.82) is 0 Å². The summed E-state index contributed by atoms with van der Waals surface area (Å²) in [4.78, 5) is 5.16. The molecule has 0 amide bonds. The van der Waals surface area contributed by atoms with Crippen LogP contribution in [0, 0.1) is 20.8 Å². The molecule has 0 aliphatic heterocycles. The third-order valence-corrected chi connectivity index (χ3v) is 7.44. The molecular formula is C31H36N2S. The fraction of sp³-hybridized carbons (Fsp3) is 0.323. The van der Waals surface area contributed by atoms with Crippen LogP contribution in [0.4, 0.5) is 5.69 Å². The van der Waals surface area contributed by atoms with Crippen molar-refractivity contribution in [3.8, 4) is 10.6 Å². The predicted octanol–water partition coefficient (Wildman–Crippen LogP) is 9.18. The molecule has 0 bridgehead atoms. The van der Waals surface area contributed by atoms with E-state index in [9.17, 15) is 0 Å². The lowest BCUT2D eigenvalue weighted by molar-refractivity contribution is 0.812. The Morgan fingerprint density at radius 1 is 0.765 bits per heavy atom. The summed E-state index contributed by atoms with van der Waals surface area (Å²) in [5.74, 6) is 0.856. The molecule has 4 rings (SSSR count). The lowest BCUT2D eigenvalue weighted by Gasteiger charge is -2.28. The third kappa shape index (κ3) is 4.95. The van der Waals surface area contributed by atoms with Gasteiger partial charge >= 0.3 is 0 Å². The van der Waals surface area contributed by atoms with E-state index in [4.69, 9.17) is 4.98 Å². The first kappa shape index (κ1) is 24.2. The first-order valence-corrected chi connectivity index (χ1v) is 13.1. The van der Waals surface area contributed by atoms with Crippen molar-refractivity contribution in [2.24, 2.45) is 0 Å². The van der Waals surface area contributed by atoms with Gasteiger partial charge in [-0.3, -0.25) is 0 Å². The van der Waals surface area contributed by atoms with E-state index in [0.29, 0.717) is 11.8 Å². The van der Waals surface area contributed by atoms with Gasteiger partial charge in [0.1, 0.15) is 5.01 Å². The second-order valence-corrected chi connectivity index (χ2v) is 10.8. The lowest BCUT2D eigenvalue weighted by Crippen LogP contribution is -2.18. The van der Waals surface area contributed by atoms with Crippen molar-refractivity contribution in [2.45, 2.75) is 66.3 Å². The number of nitrogens with zero attached hydrogens (tertiary/aromatic N) is 1. The molecule has 1 aromatic heterocycles. The average Bonchev–Trinajstić information content (AvgIpc) is 3.28.